The van der Waals surface area contributed by atoms with Crippen molar-refractivity contribution in [2.45, 2.75) is 57.3 Å². The molecule has 0 unspecified atom stereocenters. The summed E-state index contributed by atoms with van der Waals surface area (Å²) in [6.07, 6.45) is 1.83. The smallest absolute Gasteiger partial charge is 0.251 e. The lowest BCUT2D eigenvalue weighted by Gasteiger charge is -2.40. The van der Waals surface area contributed by atoms with Crippen molar-refractivity contribution in [3.8, 4) is 0 Å². The van der Waals surface area contributed by atoms with Gasteiger partial charge in [0, 0.05) is 44.6 Å². The second-order valence-electron chi connectivity index (χ2n) is 8.89. The Balaban J connectivity index is 1.40. The Hall–Kier alpha value is -1.77. The fraction of sp³-hybridized carbons (Fsp3) is 0.762. The highest BCUT2D eigenvalue weighted by atomic mass is 16.6. The standard InChI is InChI=1S/C21H32N4O4/c1-15-11-16(2)23-19(22-15)25-9-10-29-21(13-25)12-17(28-14-21)18(26)24-7-5-20(3,27-4)6-8-24/h11,17H,5-10,12-14H2,1-4H3/t17-,21+/m0/s1. The van der Waals surface area contributed by atoms with Gasteiger partial charge in [0.15, 0.2) is 0 Å². The first-order chi connectivity index (χ1) is 13.8. The van der Waals surface area contributed by atoms with Crippen LogP contribution in [0.25, 0.3) is 0 Å². The van der Waals surface area contributed by atoms with E-state index in [1.165, 1.54) is 0 Å². The SMILES string of the molecule is COC1(C)CCN(C(=O)[C@@H]2C[C@]3(CO2)CN(c2nc(C)cc(C)n2)CCO3)CC1. The molecule has 1 amide bonds. The van der Waals surface area contributed by atoms with Gasteiger partial charge in [-0.05, 0) is 39.7 Å². The first kappa shape index (κ1) is 20.5. The zero-order valence-corrected chi connectivity index (χ0v) is 17.9. The molecule has 0 aromatic carbocycles. The molecule has 0 N–H and O–H groups in total. The number of piperidine rings is 1. The Bertz CT molecular complexity index is 745. The van der Waals surface area contributed by atoms with Crippen LogP contribution in [0, 0.1) is 13.8 Å². The van der Waals surface area contributed by atoms with Crippen LogP contribution in [0.3, 0.4) is 0 Å². The lowest BCUT2D eigenvalue weighted by molar-refractivity contribution is -0.145. The van der Waals surface area contributed by atoms with Gasteiger partial charge in [-0.2, -0.15) is 0 Å². The number of rotatable bonds is 3. The molecule has 160 valence electrons. The first-order valence-corrected chi connectivity index (χ1v) is 10.5. The van der Waals surface area contributed by atoms with Crippen molar-refractivity contribution in [2.75, 3.05) is 51.4 Å². The minimum Gasteiger partial charge on any atom is -0.378 e. The van der Waals surface area contributed by atoms with Crippen molar-refractivity contribution in [2.24, 2.45) is 0 Å². The second kappa shape index (κ2) is 7.81. The lowest BCUT2D eigenvalue weighted by atomic mass is 9.92. The molecule has 0 saturated carbocycles. The van der Waals surface area contributed by atoms with Crippen LogP contribution < -0.4 is 4.90 Å². The zero-order chi connectivity index (χ0) is 20.6. The van der Waals surface area contributed by atoms with Crippen molar-refractivity contribution < 1.29 is 19.0 Å². The van der Waals surface area contributed by atoms with Crippen LogP contribution >= 0.6 is 0 Å². The van der Waals surface area contributed by atoms with Gasteiger partial charge in [0.25, 0.3) is 5.91 Å². The maximum Gasteiger partial charge on any atom is 0.251 e. The summed E-state index contributed by atoms with van der Waals surface area (Å²) in [7, 11) is 1.74. The molecule has 29 heavy (non-hydrogen) atoms. The highest BCUT2D eigenvalue weighted by Crippen LogP contribution is 2.34. The van der Waals surface area contributed by atoms with E-state index in [0.29, 0.717) is 39.3 Å². The molecule has 3 aliphatic heterocycles. The fourth-order valence-electron chi connectivity index (χ4n) is 4.55. The third kappa shape index (κ3) is 4.25. The molecular formula is C21H32N4O4. The molecule has 1 aromatic rings. The number of methoxy groups -OCH3 is 1. The average Bonchev–Trinajstić information content (AvgIpc) is 3.10. The lowest BCUT2D eigenvalue weighted by Crippen LogP contribution is -2.54. The first-order valence-electron chi connectivity index (χ1n) is 10.5. The summed E-state index contributed by atoms with van der Waals surface area (Å²) in [5, 5.41) is 0. The number of carbonyl (C=O) groups is 1. The number of anilines is 1. The van der Waals surface area contributed by atoms with E-state index in [1.807, 2.05) is 24.8 Å². The molecule has 1 aromatic heterocycles. The van der Waals surface area contributed by atoms with Gasteiger partial charge in [-0.15, -0.1) is 0 Å². The van der Waals surface area contributed by atoms with Crippen molar-refractivity contribution >= 4 is 11.9 Å². The zero-order valence-electron chi connectivity index (χ0n) is 17.9. The summed E-state index contributed by atoms with van der Waals surface area (Å²) in [5.74, 6) is 0.804. The highest BCUT2D eigenvalue weighted by Gasteiger charge is 2.48. The normalized spacial score (nSPS) is 29.4. The molecule has 8 nitrogen and oxygen atoms in total. The molecular weight excluding hydrogens is 372 g/mol. The van der Waals surface area contributed by atoms with Gasteiger partial charge in [-0.25, -0.2) is 9.97 Å². The van der Waals surface area contributed by atoms with Gasteiger partial charge < -0.3 is 24.0 Å². The minimum atomic E-state index is -0.476. The maximum absolute atomic E-state index is 13.0. The van der Waals surface area contributed by atoms with Gasteiger partial charge in [-0.3, -0.25) is 4.79 Å². The van der Waals surface area contributed by atoms with E-state index in [2.05, 4.69) is 21.8 Å². The topological polar surface area (TPSA) is 77.0 Å². The summed E-state index contributed by atoms with van der Waals surface area (Å²) in [6, 6.07) is 1.97. The van der Waals surface area contributed by atoms with Crippen LogP contribution in [0.2, 0.25) is 0 Å². The molecule has 2 atom stereocenters. The number of hydrogen-bond acceptors (Lipinski definition) is 7. The van der Waals surface area contributed by atoms with E-state index in [1.54, 1.807) is 7.11 Å². The van der Waals surface area contributed by atoms with Gasteiger partial charge >= 0.3 is 0 Å². The second-order valence-corrected chi connectivity index (χ2v) is 8.89. The molecule has 0 aliphatic carbocycles. The molecule has 4 rings (SSSR count). The van der Waals surface area contributed by atoms with E-state index in [0.717, 1.165) is 36.7 Å². The average molecular weight is 405 g/mol. The molecule has 8 heteroatoms. The number of nitrogens with zero attached hydrogens (tertiary/aromatic N) is 4. The van der Waals surface area contributed by atoms with Gasteiger partial charge in [0.1, 0.15) is 11.7 Å². The third-order valence-electron chi connectivity index (χ3n) is 6.51. The summed E-state index contributed by atoms with van der Waals surface area (Å²) >= 11 is 0. The number of likely N-dealkylation sites (tertiary alicyclic amines) is 1. The minimum absolute atomic E-state index is 0.0726. The predicted molar refractivity (Wildman–Crippen MR) is 108 cm³/mol. The number of carbonyl (C=O) groups excluding carboxylic acids is 1. The summed E-state index contributed by atoms with van der Waals surface area (Å²) < 4.78 is 17.7. The number of aryl methyl sites for hydroxylation is 2. The summed E-state index contributed by atoms with van der Waals surface area (Å²) in [4.78, 5) is 26.3. The van der Waals surface area contributed by atoms with Gasteiger partial charge in [0.2, 0.25) is 5.95 Å². The Kier molecular flexibility index (Phi) is 5.52. The summed E-state index contributed by atoms with van der Waals surface area (Å²) in [5.41, 5.74) is 1.30. The van der Waals surface area contributed by atoms with Crippen LogP contribution in [-0.4, -0.2) is 84.6 Å². The van der Waals surface area contributed by atoms with E-state index in [4.69, 9.17) is 14.2 Å². The Morgan fingerprint density at radius 2 is 1.90 bits per heavy atom. The molecule has 3 aliphatic rings. The third-order valence-corrected chi connectivity index (χ3v) is 6.51. The molecule has 0 bridgehead atoms. The van der Waals surface area contributed by atoms with Crippen molar-refractivity contribution in [1.82, 2.24) is 14.9 Å². The quantitative estimate of drug-likeness (QED) is 0.755. The molecule has 3 fully saturated rings. The van der Waals surface area contributed by atoms with E-state index >= 15 is 0 Å². The Morgan fingerprint density at radius 1 is 1.21 bits per heavy atom. The molecule has 1 spiro atoms. The maximum atomic E-state index is 13.0. The van der Waals surface area contributed by atoms with Crippen LogP contribution in [0.5, 0.6) is 0 Å². The van der Waals surface area contributed by atoms with Crippen molar-refractivity contribution in [3.63, 3.8) is 0 Å². The monoisotopic (exact) mass is 404 g/mol. The van der Waals surface area contributed by atoms with Crippen LogP contribution in [0.4, 0.5) is 5.95 Å². The molecule has 0 radical (unpaired) electrons. The largest absolute Gasteiger partial charge is 0.378 e. The van der Waals surface area contributed by atoms with E-state index < -0.39 is 11.7 Å². The van der Waals surface area contributed by atoms with Crippen molar-refractivity contribution in [1.29, 1.82) is 0 Å². The van der Waals surface area contributed by atoms with Gasteiger partial charge in [-0.1, -0.05) is 0 Å². The summed E-state index contributed by atoms with van der Waals surface area (Å²) in [6.45, 7) is 9.87. The van der Waals surface area contributed by atoms with Gasteiger partial charge in [0.05, 0.1) is 25.4 Å². The van der Waals surface area contributed by atoms with Crippen LogP contribution in [-0.2, 0) is 19.0 Å². The highest BCUT2D eigenvalue weighted by molar-refractivity contribution is 5.81. The number of amides is 1. The number of morpholine rings is 1. The van der Waals surface area contributed by atoms with E-state index in [-0.39, 0.29) is 11.5 Å². The Labute approximate surface area is 172 Å². The van der Waals surface area contributed by atoms with Crippen LogP contribution in [0.15, 0.2) is 6.07 Å². The fourth-order valence-corrected chi connectivity index (χ4v) is 4.55. The number of hydrogen-bond donors (Lipinski definition) is 0. The predicted octanol–water partition coefficient (Wildman–Crippen LogP) is 1.49. The Morgan fingerprint density at radius 3 is 2.55 bits per heavy atom. The van der Waals surface area contributed by atoms with E-state index in [9.17, 15) is 4.79 Å². The molecule has 3 saturated heterocycles. The number of ether oxygens (including phenoxy) is 3. The van der Waals surface area contributed by atoms with Crippen molar-refractivity contribution in [3.05, 3.63) is 17.5 Å². The number of aromatic nitrogens is 2. The molecule has 4 heterocycles. The van der Waals surface area contributed by atoms with Crippen LogP contribution in [0.1, 0.15) is 37.6 Å².